The summed E-state index contributed by atoms with van der Waals surface area (Å²) < 4.78 is 19.1. The summed E-state index contributed by atoms with van der Waals surface area (Å²) in [4.78, 5) is 19.7. The number of anilines is 1. The maximum absolute atomic E-state index is 12.4. The highest BCUT2D eigenvalue weighted by Gasteiger charge is 2.42. The standard InChI is InChI=1S/C51H52N3O7/c1-51(22-6-7-23-51)43-29-40-35-12-8-11-33(27-35)28-36(14-17-37-31-54(25-24-52-37)50(40)53-43)44-46(58)49(59-2)48(60-26-21-39(56)18-13-32-9-4-3-5-10-32)45-41(57)30-42(61-47(44)45)34-15-19-38(55)20-16-34/h3-5,8-13,15-16,18-20,27,29,36-37,39,42,52,55-56H,6-7,21-26,28,30-31H2,1-2H3,(H,57,58)/q-1/p+1/b18-13+/t36-,37+,39+,42?/m1/s1. The van der Waals surface area contributed by atoms with E-state index in [4.69, 9.17) is 19.2 Å². The van der Waals surface area contributed by atoms with Gasteiger partial charge in [-0.05, 0) is 84.3 Å². The van der Waals surface area contributed by atoms with Gasteiger partial charge in [0.15, 0.2) is 17.1 Å². The third-order valence-corrected chi connectivity index (χ3v) is 12.7. The van der Waals surface area contributed by atoms with E-state index in [9.17, 15) is 20.1 Å². The van der Waals surface area contributed by atoms with E-state index in [2.05, 4.69) is 59.3 Å². The van der Waals surface area contributed by atoms with Gasteiger partial charge in [0.1, 0.15) is 24.0 Å². The number of aliphatic hydroxyl groups is 1. The van der Waals surface area contributed by atoms with Crippen LogP contribution in [0, 0.1) is 11.8 Å². The van der Waals surface area contributed by atoms with Crippen molar-refractivity contribution in [1.82, 2.24) is 10.3 Å². The second-order valence-corrected chi connectivity index (χ2v) is 17.0. The number of nitrogens with zero attached hydrogens (tertiary/aromatic N) is 2. The molecule has 2 fully saturated rings. The summed E-state index contributed by atoms with van der Waals surface area (Å²) in [6, 6.07) is 27.1. The minimum atomic E-state index is -0.813. The fourth-order valence-electron chi connectivity index (χ4n) is 9.37. The van der Waals surface area contributed by atoms with E-state index in [0.29, 0.717) is 18.5 Å². The zero-order valence-electron chi connectivity index (χ0n) is 34.7. The lowest BCUT2D eigenvalue weighted by atomic mass is 9.84. The number of aliphatic hydroxyl groups excluding tert-OH is 1. The van der Waals surface area contributed by atoms with Crippen LogP contribution in [0.2, 0.25) is 0 Å². The molecule has 0 spiro atoms. The van der Waals surface area contributed by atoms with E-state index in [1.165, 1.54) is 20.0 Å². The largest absolute Gasteiger partial charge is 0.508 e. The SMILES string of the molecule is COc1c(O)c([C@@H]2C#C[C@H]3CN(CCN3)c3[n-]c(C4(C)CCCC4)cc3-c3cccc(c3)C2)c2c(c1OCC[C@@H](O)/C=C/c1ccccc1)C(=[OH+])CC(c1ccc(O)cc1)O2. The van der Waals surface area contributed by atoms with Crippen molar-refractivity contribution in [2.45, 2.75) is 81.5 Å². The molecule has 4 bridgehead atoms. The number of aromatic nitrogens is 1. The van der Waals surface area contributed by atoms with Crippen molar-refractivity contribution in [3.05, 3.63) is 125 Å². The van der Waals surface area contributed by atoms with Crippen LogP contribution in [0.3, 0.4) is 0 Å². The van der Waals surface area contributed by atoms with Gasteiger partial charge in [-0.3, -0.25) is 4.79 Å². The average molecular weight is 820 g/mol. The molecule has 0 amide bonds. The second kappa shape index (κ2) is 17.1. The first-order chi connectivity index (χ1) is 29.7. The number of nitrogens with one attached hydrogen (secondary N) is 1. The third-order valence-electron chi connectivity index (χ3n) is 12.7. The number of fused-ring (bicyclic) bond motifs is 8. The molecule has 10 heteroatoms. The molecule has 4 aromatic carbocycles. The van der Waals surface area contributed by atoms with Gasteiger partial charge in [0.2, 0.25) is 5.75 Å². The molecule has 1 aliphatic carbocycles. The van der Waals surface area contributed by atoms with Crippen LogP contribution in [0.1, 0.15) is 91.0 Å². The number of piperazine rings is 1. The van der Waals surface area contributed by atoms with Crippen molar-refractivity contribution in [1.29, 1.82) is 0 Å². The number of hydrogen-bond donors (Lipinski definition) is 4. The van der Waals surface area contributed by atoms with Gasteiger partial charge in [-0.2, -0.15) is 0 Å². The molecular weight excluding hydrogens is 767 g/mol. The van der Waals surface area contributed by atoms with Crippen molar-refractivity contribution in [2.75, 3.05) is 38.3 Å². The van der Waals surface area contributed by atoms with Crippen molar-refractivity contribution >= 4 is 17.7 Å². The highest BCUT2D eigenvalue weighted by molar-refractivity contribution is 6.05. The second-order valence-electron chi connectivity index (χ2n) is 17.0. The summed E-state index contributed by atoms with van der Waals surface area (Å²) in [7, 11) is 1.46. The monoisotopic (exact) mass is 819 g/mol. The Morgan fingerprint density at radius 2 is 1.80 bits per heavy atom. The van der Waals surface area contributed by atoms with E-state index in [1.54, 1.807) is 30.3 Å². The van der Waals surface area contributed by atoms with E-state index < -0.39 is 18.1 Å². The van der Waals surface area contributed by atoms with Gasteiger partial charge in [-0.15, -0.1) is 0 Å². The number of ether oxygens (including phenoxy) is 3. The van der Waals surface area contributed by atoms with Gasteiger partial charge in [-0.25, -0.2) is 0 Å². The molecule has 10 nitrogen and oxygen atoms in total. The fourth-order valence-corrected chi connectivity index (χ4v) is 9.37. The number of methoxy groups -OCH3 is 1. The van der Waals surface area contributed by atoms with Crippen LogP contribution < -0.4 is 29.4 Å². The van der Waals surface area contributed by atoms with Crippen molar-refractivity contribution in [3.63, 3.8) is 0 Å². The Kier molecular flexibility index (Phi) is 11.3. The molecule has 5 N–H and O–H groups in total. The molecule has 4 heterocycles. The van der Waals surface area contributed by atoms with Crippen molar-refractivity contribution in [3.8, 4) is 51.7 Å². The molecule has 3 aliphatic heterocycles. The normalized spacial score (nSPS) is 20.9. The average Bonchev–Trinajstić information content (AvgIpc) is 3.93. The fraction of sp³-hybridized carbons (Fsp3) is 0.353. The smallest absolute Gasteiger partial charge is 0.335 e. The topological polar surface area (TPSA) is 139 Å². The third kappa shape index (κ3) is 8.20. The Morgan fingerprint density at radius 3 is 2.59 bits per heavy atom. The number of benzene rings is 4. The lowest BCUT2D eigenvalue weighted by Gasteiger charge is -2.40. The summed E-state index contributed by atoms with van der Waals surface area (Å²) in [5.41, 5.74) is 6.80. The van der Waals surface area contributed by atoms with Gasteiger partial charge in [0, 0.05) is 6.42 Å². The number of phenols is 2. The van der Waals surface area contributed by atoms with Gasteiger partial charge >= 0.3 is 5.78 Å². The molecule has 314 valence electrons. The van der Waals surface area contributed by atoms with E-state index in [-0.39, 0.29) is 71.0 Å². The first-order valence-corrected chi connectivity index (χ1v) is 21.5. The quantitative estimate of drug-likeness (QED) is 0.0817. The summed E-state index contributed by atoms with van der Waals surface area (Å²) >= 11 is 0. The maximum Gasteiger partial charge on any atom is 0.335 e. The van der Waals surface area contributed by atoms with Crippen LogP contribution in [-0.2, 0) is 11.8 Å². The Hall–Kier alpha value is -6.15. The van der Waals surface area contributed by atoms with Crippen LogP contribution in [0.4, 0.5) is 5.82 Å². The van der Waals surface area contributed by atoms with Gasteiger partial charge in [0.05, 0.1) is 37.3 Å². The molecule has 1 saturated carbocycles. The van der Waals surface area contributed by atoms with Crippen LogP contribution in [0.5, 0.6) is 28.7 Å². The van der Waals surface area contributed by atoms with Gasteiger partial charge in [0.25, 0.3) is 0 Å². The lowest BCUT2D eigenvalue weighted by molar-refractivity contribution is 0.172. The molecule has 9 rings (SSSR count). The summed E-state index contributed by atoms with van der Waals surface area (Å²) in [5.74, 6) is 7.83. The number of hydrogen-bond acceptors (Lipinski definition) is 8. The molecular formula is C51H53N3O7. The number of aromatic hydroxyl groups is 2. The Morgan fingerprint density at radius 1 is 1.00 bits per heavy atom. The van der Waals surface area contributed by atoms with Crippen LogP contribution in [-0.4, -0.2) is 71.4 Å². The van der Waals surface area contributed by atoms with E-state index in [0.717, 1.165) is 65.3 Å². The number of ketones is 1. The molecule has 4 aliphatic rings. The van der Waals surface area contributed by atoms with Gasteiger partial charge < -0.3 is 44.7 Å². The summed E-state index contributed by atoms with van der Waals surface area (Å²) in [6.07, 6.45) is 7.57. The van der Waals surface area contributed by atoms with Crippen LogP contribution >= 0.6 is 0 Å². The number of rotatable bonds is 10. The molecule has 61 heavy (non-hydrogen) atoms. The van der Waals surface area contributed by atoms with Crippen molar-refractivity contribution < 1.29 is 34.3 Å². The molecule has 1 aromatic heterocycles. The highest BCUT2D eigenvalue weighted by atomic mass is 16.5. The predicted octanol–water partition coefficient (Wildman–Crippen LogP) is 7.94. The zero-order valence-corrected chi connectivity index (χ0v) is 34.7. The molecule has 1 unspecified atom stereocenters. The van der Waals surface area contributed by atoms with E-state index in [1.807, 2.05) is 36.4 Å². The molecule has 1 saturated heterocycles. The van der Waals surface area contributed by atoms with Crippen LogP contribution in [0.25, 0.3) is 17.2 Å². The predicted molar refractivity (Wildman–Crippen MR) is 238 cm³/mol. The minimum Gasteiger partial charge on any atom is -0.508 e. The summed E-state index contributed by atoms with van der Waals surface area (Å²) in [5, 5.41) is 36.9. The maximum atomic E-state index is 12.4. The van der Waals surface area contributed by atoms with E-state index >= 15 is 0 Å². The van der Waals surface area contributed by atoms with Crippen molar-refractivity contribution in [2.24, 2.45) is 0 Å². The molecule has 4 atom stereocenters. The summed E-state index contributed by atoms with van der Waals surface area (Å²) in [6.45, 7) is 4.58. The highest BCUT2D eigenvalue weighted by Crippen LogP contribution is 2.55. The first kappa shape index (κ1) is 40.3. The zero-order chi connectivity index (χ0) is 42.1. The molecule has 0 radical (unpaired) electrons. The number of carbonyl (C=O) groups excluding carboxylic acids is 1. The number of phenolic OH excluding ortho intramolecular Hbond substituents is 2. The molecule has 5 aromatic rings. The Bertz CT molecular complexity index is 2490. The lowest BCUT2D eigenvalue weighted by Crippen LogP contribution is -2.50. The Labute approximate surface area is 357 Å². The van der Waals surface area contributed by atoms with Gasteiger partial charge in [-0.1, -0.05) is 128 Å². The Balaban J connectivity index is 1.13. The van der Waals surface area contributed by atoms with Crippen LogP contribution in [0.15, 0.2) is 91.0 Å². The first-order valence-electron chi connectivity index (χ1n) is 21.5. The minimum absolute atomic E-state index is 0.00547.